The van der Waals surface area contributed by atoms with Crippen LogP contribution in [0.2, 0.25) is 0 Å². The number of hydrogen-bond donors (Lipinski definition) is 1. The summed E-state index contributed by atoms with van der Waals surface area (Å²) in [6.07, 6.45) is 2.26. The first-order valence-corrected chi connectivity index (χ1v) is 10.7. The average molecular weight is 401 g/mol. The minimum atomic E-state index is -0.330. The van der Waals surface area contributed by atoms with E-state index >= 15 is 0 Å². The maximum Gasteiger partial charge on any atom is 0.253 e. The fraction of sp³-hybridized carbons (Fsp3) is 0.364. The van der Waals surface area contributed by atoms with Crippen molar-refractivity contribution in [2.24, 2.45) is 5.92 Å². The minimum Gasteiger partial charge on any atom is -0.338 e. The molecule has 1 unspecified atom stereocenters. The van der Waals surface area contributed by atoms with Crippen molar-refractivity contribution in [1.82, 2.24) is 4.90 Å². The monoisotopic (exact) mass is 400 g/mol. The van der Waals surface area contributed by atoms with Gasteiger partial charge < -0.3 is 10.2 Å². The van der Waals surface area contributed by atoms with Crippen LogP contribution in [0.3, 0.4) is 0 Å². The summed E-state index contributed by atoms with van der Waals surface area (Å²) in [7, 11) is 0. The molecule has 1 aliphatic rings. The lowest BCUT2D eigenvalue weighted by atomic mass is 9.99. The van der Waals surface area contributed by atoms with Crippen LogP contribution in [0.25, 0.3) is 0 Å². The predicted octanol–water partition coefficient (Wildman–Crippen LogP) is 4.57. The fourth-order valence-electron chi connectivity index (χ4n) is 3.29. The van der Waals surface area contributed by atoms with E-state index in [1.54, 1.807) is 0 Å². The highest BCUT2D eigenvalue weighted by atomic mass is 32.2. The van der Waals surface area contributed by atoms with E-state index in [1.165, 1.54) is 42.4 Å². The molecule has 0 bridgehead atoms. The molecule has 2 aromatic carbocycles. The number of carbonyl (C=O) groups is 2. The van der Waals surface area contributed by atoms with Crippen molar-refractivity contribution in [1.29, 1.82) is 0 Å². The standard InChI is InChI=1S/C22H25FN2O2S/c1-16-3-2-12-25(13-16)22(27)18-6-4-17(5-7-18)14-28-15-21(26)24-20-10-8-19(23)9-11-20/h4-11,16H,2-3,12-15H2,1H3,(H,24,26). The molecular formula is C22H25FN2O2S. The summed E-state index contributed by atoms with van der Waals surface area (Å²) in [4.78, 5) is 26.5. The number of rotatable bonds is 6. The van der Waals surface area contributed by atoms with E-state index in [0.29, 0.717) is 23.1 Å². The molecule has 4 nitrogen and oxygen atoms in total. The van der Waals surface area contributed by atoms with Crippen LogP contribution in [0, 0.1) is 11.7 Å². The van der Waals surface area contributed by atoms with Crippen molar-refractivity contribution < 1.29 is 14.0 Å². The van der Waals surface area contributed by atoms with E-state index in [2.05, 4.69) is 12.2 Å². The minimum absolute atomic E-state index is 0.101. The Morgan fingerprint density at radius 1 is 1.14 bits per heavy atom. The largest absolute Gasteiger partial charge is 0.338 e. The summed E-state index contributed by atoms with van der Waals surface area (Å²) >= 11 is 1.50. The van der Waals surface area contributed by atoms with Gasteiger partial charge in [-0.3, -0.25) is 9.59 Å². The van der Waals surface area contributed by atoms with Gasteiger partial charge in [0.25, 0.3) is 5.91 Å². The molecule has 1 N–H and O–H groups in total. The number of carbonyl (C=O) groups excluding carboxylic acids is 2. The third-order valence-corrected chi connectivity index (χ3v) is 5.78. The zero-order chi connectivity index (χ0) is 19.9. The Bertz CT molecular complexity index is 808. The van der Waals surface area contributed by atoms with Gasteiger partial charge in [0.15, 0.2) is 0 Å². The normalized spacial score (nSPS) is 16.6. The molecule has 2 amide bonds. The van der Waals surface area contributed by atoms with Gasteiger partial charge in [-0.1, -0.05) is 19.1 Å². The van der Waals surface area contributed by atoms with Crippen LogP contribution in [0.5, 0.6) is 0 Å². The molecule has 1 saturated heterocycles. The Hall–Kier alpha value is -2.34. The third kappa shape index (κ3) is 5.83. The van der Waals surface area contributed by atoms with Gasteiger partial charge in [-0.15, -0.1) is 11.8 Å². The molecule has 0 aromatic heterocycles. The number of halogens is 1. The van der Waals surface area contributed by atoms with Crippen molar-refractivity contribution in [3.8, 4) is 0 Å². The predicted molar refractivity (Wildman–Crippen MR) is 112 cm³/mol. The molecule has 1 aliphatic heterocycles. The first-order chi connectivity index (χ1) is 13.5. The van der Waals surface area contributed by atoms with Gasteiger partial charge >= 0.3 is 0 Å². The second-order valence-electron chi connectivity index (χ2n) is 7.24. The SMILES string of the molecule is CC1CCCN(C(=O)c2ccc(CSCC(=O)Nc3ccc(F)cc3)cc2)C1. The van der Waals surface area contributed by atoms with Crippen LogP contribution >= 0.6 is 11.8 Å². The summed E-state index contributed by atoms with van der Waals surface area (Å²) < 4.78 is 12.9. The molecule has 3 rings (SSSR count). The van der Waals surface area contributed by atoms with Crippen molar-refractivity contribution in [3.05, 3.63) is 65.5 Å². The molecule has 2 aromatic rings. The Morgan fingerprint density at radius 2 is 1.86 bits per heavy atom. The van der Waals surface area contributed by atoms with E-state index in [4.69, 9.17) is 0 Å². The number of amides is 2. The van der Waals surface area contributed by atoms with E-state index in [0.717, 1.165) is 30.6 Å². The van der Waals surface area contributed by atoms with E-state index in [1.807, 2.05) is 29.2 Å². The highest BCUT2D eigenvalue weighted by molar-refractivity contribution is 7.99. The lowest BCUT2D eigenvalue weighted by Crippen LogP contribution is -2.39. The summed E-state index contributed by atoms with van der Waals surface area (Å²) in [5.41, 5.74) is 2.38. The average Bonchev–Trinajstić information content (AvgIpc) is 2.70. The lowest BCUT2D eigenvalue weighted by molar-refractivity contribution is -0.113. The molecule has 0 radical (unpaired) electrons. The van der Waals surface area contributed by atoms with Gasteiger partial charge in [0.05, 0.1) is 5.75 Å². The summed E-state index contributed by atoms with van der Waals surface area (Å²) in [6, 6.07) is 13.4. The molecule has 1 heterocycles. The second kappa shape index (κ2) is 9.73. The number of benzene rings is 2. The van der Waals surface area contributed by atoms with E-state index in [-0.39, 0.29) is 17.6 Å². The fourth-order valence-corrected chi connectivity index (χ4v) is 4.08. The summed E-state index contributed by atoms with van der Waals surface area (Å²) in [6.45, 7) is 3.86. The topological polar surface area (TPSA) is 49.4 Å². The summed E-state index contributed by atoms with van der Waals surface area (Å²) in [5.74, 6) is 1.21. The lowest BCUT2D eigenvalue weighted by Gasteiger charge is -2.31. The Balaban J connectivity index is 1.44. The van der Waals surface area contributed by atoms with Gasteiger partial charge in [0, 0.05) is 30.1 Å². The number of nitrogens with zero attached hydrogens (tertiary/aromatic N) is 1. The van der Waals surface area contributed by atoms with Crippen LogP contribution in [-0.2, 0) is 10.5 Å². The first-order valence-electron chi connectivity index (χ1n) is 9.52. The number of hydrogen-bond acceptors (Lipinski definition) is 3. The number of nitrogens with one attached hydrogen (secondary N) is 1. The number of thioether (sulfide) groups is 1. The van der Waals surface area contributed by atoms with Gasteiger partial charge in [0.1, 0.15) is 5.82 Å². The zero-order valence-electron chi connectivity index (χ0n) is 16.0. The van der Waals surface area contributed by atoms with Crippen LogP contribution in [-0.4, -0.2) is 35.6 Å². The van der Waals surface area contributed by atoms with Crippen LogP contribution in [0.1, 0.15) is 35.7 Å². The van der Waals surface area contributed by atoms with Crippen LogP contribution in [0.15, 0.2) is 48.5 Å². The number of piperidine rings is 1. The Morgan fingerprint density at radius 3 is 2.54 bits per heavy atom. The number of anilines is 1. The molecule has 6 heteroatoms. The van der Waals surface area contributed by atoms with Gasteiger partial charge in [-0.25, -0.2) is 4.39 Å². The number of likely N-dealkylation sites (tertiary alicyclic amines) is 1. The van der Waals surface area contributed by atoms with Crippen LogP contribution in [0.4, 0.5) is 10.1 Å². The molecule has 0 aliphatic carbocycles. The van der Waals surface area contributed by atoms with Crippen molar-refractivity contribution in [3.63, 3.8) is 0 Å². The van der Waals surface area contributed by atoms with Crippen molar-refractivity contribution in [2.75, 3.05) is 24.2 Å². The maximum atomic E-state index is 12.9. The second-order valence-corrected chi connectivity index (χ2v) is 8.23. The highest BCUT2D eigenvalue weighted by Gasteiger charge is 2.21. The Labute approximate surface area is 169 Å². The molecular weight excluding hydrogens is 375 g/mol. The van der Waals surface area contributed by atoms with E-state index in [9.17, 15) is 14.0 Å². The highest BCUT2D eigenvalue weighted by Crippen LogP contribution is 2.19. The van der Waals surface area contributed by atoms with Crippen molar-refractivity contribution >= 4 is 29.3 Å². The summed E-state index contributed by atoms with van der Waals surface area (Å²) in [5, 5.41) is 2.74. The Kier molecular flexibility index (Phi) is 7.09. The molecule has 0 saturated carbocycles. The quantitative estimate of drug-likeness (QED) is 0.773. The molecule has 28 heavy (non-hydrogen) atoms. The van der Waals surface area contributed by atoms with E-state index < -0.39 is 0 Å². The molecule has 0 spiro atoms. The molecule has 1 atom stereocenters. The van der Waals surface area contributed by atoms with Crippen LogP contribution < -0.4 is 5.32 Å². The van der Waals surface area contributed by atoms with Crippen molar-refractivity contribution in [2.45, 2.75) is 25.5 Å². The smallest absolute Gasteiger partial charge is 0.253 e. The maximum absolute atomic E-state index is 12.9. The van der Waals surface area contributed by atoms with Gasteiger partial charge in [-0.05, 0) is 60.7 Å². The van der Waals surface area contributed by atoms with Gasteiger partial charge in [0.2, 0.25) is 5.91 Å². The third-order valence-electron chi connectivity index (χ3n) is 4.77. The first kappa shape index (κ1) is 20.4. The molecule has 1 fully saturated rings. The molecule has 148 valence electrons. The zero-order valence-corrected chi connectivity index (χ0v) is 16.8. The van der Waals surface area contributed by atoms with Gasteiger partial charge in [-0.2, -0.15) is 0 Å².